The summed E-state index contributed by atoms with van der Waals surface area (Å²) in [6.07, 6.45) is 4.41. The fourth-order valence-corrected chi connectivity index (χ4v) is 2.56. The molecule has 0 atom stereocenters. The van der Waals surface area contributed by atoms with Gasteiger partial charge in [0.15, 0.2) is 5.96 Å². The van der Waals surface area contributed by atoms with Gasteiger partial charge in [0.25, 0.3) is 0 Å². The maximum Gasteiger partial charge on any atom is 0.191 e. The first-order valence-electron chi connectivity index (χ1n) is 8.85. The van der Waals surface area contributed by atoms with Crippen LogP contribution >= 0.6 is 0 Å². The molecule has 0 spiro atoms. The number of guanidine groups is 1. The van der Waals surface area contributed by atoms with E-state index in [1.54, 1.807) is 6.07 Å². The van der Waals surface area contributed by atoms with Crippen LogP contribution in [0.2, 0.25) is 0 Å². The summed E-state index contributed by atoms with van der Waals surface area (Å²) in [6.45, 7) is 9.21. The third kappa shape index (κ3) is 6.21. The normalized spacial score (nSPS) is 11.8. The van der Waals surface area contributed by atoms with E-state index >= 15 is 0 Å². The summed E-state index contributed by atoms with van der Waals surface area (Å²) in [5.74, 6) is 2.06. The molecule has 0 saturated carbocycles. The number of rotatable bonds is 8. The highest BCUT2D eigenvalue weighted by molar-refractivity contribution is 5.79. The predicted molar refractivity (Wildman–Crippen MR) is 100.0 cm³/mol. The lowest BCUT2D eigenvalue weighted by molar-refractivity contribution is 0.507. The van der Waals surface area contributed by atoms with Crippen LogP contribution in [0.4, 0.5) is 4.39 Å². The van der Waals surface area contributed by atoms with Crippen LogP contribution in [0, 0.1) is 11.7 Å². The van der Waals surface area contributed by atoms with Gasteiger partial charge in [-0.3, -0.25) is 0 Å². The van der Waals surface area contributed by atoms with Crippen LogP contribution in [0.3, 0.4) is 0 Å². The zero-order valence-corrected chi connectivity index (χ0v) is 15.3. The van der Waals surface area contributed by atoms with Crippen molar-refractivity contribution in [1.29, 1.82) is 0 Å². The smallest absolute Gasteiger partial charge is 0.191 e. The average Bonchev–Trinajstić information content (AvgIpc) is 3.00. The van der Waals surface area contributed by atoms with Crippen LogP contribution in [0.15, 0.2) is 41.7 Å². The van der Waals surface area contributed by atoms with Gasteiger partial charge >= 0.3 is 0 Å². The molecule has 0 aliphatic heterocycles. The molecule has 0 amide bonds. The number of imidazole rings is 1. The minimum Gasteiger partial charge on any atom is -0.357 e. The molecule has 0 aliphatic rings. The third-order valence-corrected chi connectivity index (χ3v) is 3.73. The van der Waals surface area contributed by atoms with Crippen molar-refractivity contribution in [3.05, 3.63) is 53.9 Å². The molecule has 25 heavy (non-hydrogen) atoms. The Balaban J connectivity index is 1.92. The Kier molecular flexibility index (Phi) is 7.44. The van der Waals surface area contributed by atoms with Crippen LogP contribution in [0.1, 0.15) is 32.2 Å². The molecule has 0 bridgehead atoms. The highest BCUT2D eigenvalue weighted by Gasteiger charge is 2.05. The summed E-state index contributed by atoms with van der Waals surface area (Å²) in [5, 5.41) is 6.47. The summed E-state index contributed by atoms with van der Waals surface area (Å²) in [5.41, 5.74) is 0.707. The number of aliphatic imine (C=N–C) groups is 1. The Morgan fingerprint density at radius 1 is 1.28 bits per heavy atom. The first kappa shape index (κ1) is 19.0. The number of hydrogen-bond acceptors (Lipinski definition) is 2. The van der Waals surface area contributed by atoms with E-state index in [9.17, 15) is 4.39 Å². The van der Waals surface area contributed by atoms with Crippen LogP contribution in [0.5, 0.6) is 0 Å². The van der Waals surface area contributed by atoms with Crippen LogP contribution in [-0.4, -0.2) is 28.6 Å². The second kappa shape index (κ2) is 9.81. The molecule has 2 N–H and O–H groups in total. The minimum atomic E-state index is -0.165. The molecule has 0 aliphatic carbocycles. The second-order valence-corrected chi connectivity index (χ2v) is 6.35. The van der Waals surface area contributed by atoms with Gasteiger partial charge in [-0.2, -0.15) is 0 Å². The van der Waals surface area contributed by atoms with Crippen molar-refractivity contribution in [2.24, 2.45) is 10.9 Å². The summed E-state index contributed by atoms with van der Waals surface area (Å²) in [4.78, 5) is 8.99. The van der Waals surface area contributed by atoms with E-state index in [0.717, 1.165) is 24.9 Å². The third-order valence-electron chi connectivity index (χ3n) is 3.73. The Hall–Kier alpha value is -2.37. The largest absolute Gasteiger partial charge is 0.357 e. The first-order chi connectivity index (χ1) is 12.1. The van der Waals surface area contributed by atoms with Crippen molar-refractivity contribution in [2.75, 3.05) is 13.1 Å². The lowest BCUT2D eigenvalue weighted by Gasteiger charge is -2.12. The second-order valence-electron chi connectivity index (χ2n) is 6.35. The van der Waals surface area contributed by atoms with E-state index in [4.69, 9.17) is 0 Å². The van der Waals surface area contributed by atoms with Crippen molar-refractivity contribution in [3.8, 4) is 0 Å². The molecule has 0 saturated heterocycles. The molecule has 0 radical (unpaired) electrons. The summed E-state index contributed by atoms with van der Waals surface area (Å²) < 4.78 is 15.8. The van der Waals surface area contributed by atoms with Gasteiger partial charge in [0.05, 0.1) is 0 Å². The van der Waals surface area contributed by atoms with Crippen molar-refractivity contribution >= 4 is 5.96 Å². The zero-order chi connectivity index (χ0) is 18.1. The van der Waals surface area contributed by atoms with Gasteiger partial charge in [-0.05, 0) is 30.9 Å². The number of benzene rings is 1. The molecule has 2 rings (SSSR count). The molecule has 136 valence electrons. The fourth-order valence-electron chi connectivity index (χ4n) is 2.56. The maximum absolute atomic E-state index is 13.7. The van der Waals surface area contributed by atoms with Crippen molar-refractivity contribution in [2.45, 2.75) is 40.3 Å². The predicted octanol–water partition coefficient (Wildman–Crippen LogP) is 2.98. The molecule has 2 aromatic rings. The number of aromatic nitrogens is 2. The summed E-state index contributed by atoms with van der Waals surface area (Å²) in [6, 6.07) is 6.86. The standard InChI is InChI=1S/C19H28FN5/c1-4-21-19(23-10-9-16-7-5-6-8-17(16)20)24-13-18-22-11-12-25(18)14-15(2)3/h5-8,11-12,15H,4,9-10,13-14H2,1-3H3,(H2,21,23,24). The Morgan fingerprint density at radius 2 is 2.08 bits per heavy atom. The summed E-state index contributed by atoms with van der Waals surface area (Å²) >= 11 is 0. The maximum atomic E-state index is 13.7. The number of nitrogens with zero attached hydrogens (tertiary/aromatic N) is 3. The first-order valence-corrected chi connectivity index (χ1v) is 8.85. The van der Waals surface area contributed by atoms with E-state index in [1.807, 2.05) is 31.5 Å². The van der Waals surface area contributed by atoms with E-state index in [2.05, 4.69) is 39.0 Å². The topological polar surface area (TPSA) is 54.2 Å². The van der Waals surface area contributed by atoms with Gasteiger partial charge in [-0.25, -0.2) is 14.4 Å². The highest BCUT2D eigenvalue weighted by Crippen LogP contribution is 2.07. The van der Waals surface area contributed by atoms with Gasteiger partial charge in [-0.1, -0.05) is 32.0 Å². The van der Waals surface area contributed by atoms with Gasteiger partial charge in [-0.15, -0.1) is 0 Å². The van der Waals surface area contributed by atoms with E-state index in [-0.39, 0.29) is 5.82 Å². The molecular formula is C19H28FN5. The number of hydrogen-bond donors (Lipinski definition) is 2. The molecule has 6 heteroatoms. The molecular weight excluding hydrogens is 317 g/mol. The van der Waals surface area contributed by atoms with Crippen LogP contribution in [-0.2, 0) is 19.5 Å². The lowest BCUT2D eigenvalue weighted by atomic mass is 10.1. The van der Waals surface area contributed by atoms with Crippen LogP contribution < -0.4 is 10.6 Å². The van der Waals surface area contributed by atoms with Gasteiger partial charge in [0.2, 0.25) is 0 Å². The average molecular weight is 345 g/mol. The monoisotopic (exact) mass is 345 g/mol. The molecule has 0 fully saturated rings. The Labute approximate surface area is 149 Å². The van der Waals surface area contributed by atoms with Gasteiger partial charge in [0, 0.05) is 32.0 Å². The Bertz CT molecular complexity index is 678. The molecule has 1 aromatic carbocycles. The van der Waals surface area contributed by atoms with Crippen molar-refractivity contribution in [1.82, 2.24) is 20.2 Å². The zero-order valence-electron chi connectivity index (χ0n) is 15.3. The highest BCUT2D eigenvalue weighted by atomic mass is 19.1. The van der Waals surface area contributed by atoms with E-state index in [1.165, 1.54) is 6.07 Å². The molecule has 1 aromatic heterocycles. The molecule has 1 heterocycles. The van der Waals surface area contributed by atoms with Crippen LogP contribution in [0.25, 0.3) is 0 Å². The van der Waals surface area contributed by atoms with Crippen molar-refractivity contribution < 1.29 is 4.39 Å². The molecule has 5 nitrogen and oxygen atoms in total. The Morgan fingerprint density at radius 3 is 2.80 bits per heavy atom. The summed E-state index contributed by atoms with van der Waals surface area (Å²) in [7, 11) is 0. The number of nitrogens with one attached hydrogen (secondary N) is 2. The number of halogens is 1. The quantitative estimate of drug-likeness (QED) is 0.571. The van der Waals surface area contributed by atoms with Crippen molar-refractivity contribution in [3.63, 3.8) is 0 Å². The SMILES string of the molecule is CCNC(=NCc1nccn1CC(C)C)NCCc1ccccc1F. The van der Waals surface area contributed by atoms with Gasteiger partial charge in [0.1, 0.15) is 18.2 Å². The van der Waals surface area contributed by atoms with Gasteiger partial charge < -0.3 is 15.2 Å². The fraction of sp³-hybridized carbons (Fsp3) is 0.474. The van der Waals surface area contributed by atoms with E-state index < -0.39 is 0 Å². The van der Waals surface area contributed by atoms with E-state index in [0.29, 0.717) is 31.0 Å². The minimum absolute atomic E-state index is 0.165. The molecule has 0 unspecified atom stereocenters. The lowest BCUT2D eigenvalue weighted by Crippen LogP contribution is -2.38.